The zero-order valence-corrected chi connectivity index (χ0v) is 10.0. The zero-order valence-electron chi connectivity index (χ0n) is 6.95. The van der Waals surface area contributed by atoms with E-state index < -0.39 is 0 Å². The summed E-state index contributed by atoms with van der Waals surface area (Å²) in [5.74, 6) is 0. The maximum atomic E-state index is 5.66. The number of hydrogen-bond donors (Lipinski definition) is 1. The van der Waals surface area contributed by atoms with Gasteiger partial charge in [-0.15, -0.1) is 6.58 Å². The molecule has 0 radical (unpaired) electrons. The molecule has 13 heavy (non-hydrogen) atoms. The first-order valence-electron chi connectivity index (χ1n) is 3.29. The molecule has 0 amide bonds. The van der Waals surface area contributed by atoms with Crippen LogP contribution < -0.4 is 30.5 Å². The molecule has 76 valence electrons. The molecule has 0 aliphatic carbocycles. The Hall–Kier alpha value is 0.00234. The minimum Gasteiger partial charge on any atom is -1.00 e. The molecule has 0 saturated heterocycles. The van der Waals surface area contributed by atoms with Gasteiger partial charge in [0, 0.05) is 5.69 Å². The molecule has 0 aliphatic heterocycles. The van der Waals surface area contributed by atoms with E-state index in [1.165, 1.54) is 0 Å². The van der Waals surface area contributed by atoms with Crippen molar-refractivity contribution < 1.29 is 45.2 Å². The molecule has 0 aliphatic rings. The van der Waals surface area contributed by atoms with Crippen LogP contribution in [0.25, 0.3) is 0 Å². The summed E-state index contributed by atoms with van der Waals surface area (Å²) >= 11 is 0. The molecular formula is C9H11Cl2NPd. The SMILES string of the molecule is C=CCc1ccccc1N.[Cl-].[Cl-].[Pd+2]. The monoisotopic (exact) mass is 309 g/mol. The summed E-state index contributed by atoms with van der Waals surface area (Å²) < 4.78 is 0. The minimum atomic E-state index is 0. The summed E-state index contributed by atoms with van der Waals surface area (Å²) in [4.78, 5) is 0. The molecule has 1 rings (SSSR count). The van der Waals surface area contributed by atoms with Gasteiger partial charge in [-0.3, -0.25) is 0 Å². The molecule has 1 aromatic rings. The Kier molecular flexibility index (Phi) is 14.5. The van der Waals surface area contributed by atoms with Crippen LogP contribution in [0.5, 0.6) is 0 Å². The van der Waals surface area contributed by atoms with Gasteiger partial charge in [0.2, 0.25) is 0 Å². The summed E-state index contributed by atoms with van der Waals surface area (Å²) in [5, 5.41) is 0. The number of nitrogens with two attached hydrogens (primary N) is 1. The Labute approximate surface area is 105 Å². The minimum absolute atomic E-state index is 0. The van der Waals surface area contributed by atoms with Gasteiger partial charge < -0.3 is 30.5 Å². The van der Waals surface area contributed by atoms with E-state index in [0.717, 1.165) is 17.7 Å². The van der Waals surface area contributed by atoms with Crippen molar-refractivity contribution in [3.05, 3.63) is 42.5 Å². The Morgan fingerprint density at radius 3 is 2.23 bits per heavy atom. The first kappa shape index (κ1) is 18.7. The van der Waals surface area contributed by atoms with Crippen LogP contribution in [0.4, 0.5) is 5.69 Å². The normalized spacial score (nSPS) is 7.08. The molecule has 2 N–H and O–H groups in total. The summed E-state index contributed by atoms with van der Waals surface area (Å²) in [6, 6.07) is 7.83. The van der Waals surface area contributed by atoms with Gasteiger partial charge in [-0.05, 0) is 18.1 Å². The van der Waals surface area contributed by atoms with Gasteiger partial charge >= 0.3 is 20.4 Å². The van der Waals surface area contributed by atoms with Gasteiger partial charge in [-0.1, -0.05) is 24.3 Å². The van der Waals surface area contributed by atoms with Crippen LogP contribution in [0.1, 0.15) is 5.56 Å². The van der Waals surface area contributed by atoms with Crippen LogP contribution >= 0.6 is 0 Å². The summed E-state index contributed by atoms with van der Waals surface area (Å²) in [6.45, 7) is 3.64. The van der Waals surface area contributed by atoms with E-state index in [1.807, 2.05) is 30.3 Å². The molecule has 0 bridgehead atoms. The van der Waals surface area contributed by atoms with Gasteiger partial charge in [-0.2, -0.15) is 0 Å². The third-order valence-corrected chi connectivity index (χ3v) is 1.42. The summed E-state index contributed by atoms with van der Waals surface area (Å²) in [6.07, 6.45) is 2.71. The van der Waals surface area contributed by atoms with Gasteiger partial charge in [-0.25, -0.2) is 0 Å². The molecule has 0 atom stereocenters. The van der Waals surface area contributed by atoms with E-state index in [4.69, 9.17) is 5.73 Å². The second kappa shape index (κ2) is 10.1. The van der Waals surface area contributed by atoms with Crippen molar-refractivity contribution in [3.63, 3.8) is 0 Å². The zero-order chi connectivity index (χ0) is 7.40. The molecule has 0 unspecified atom stereocenters. The summed E-state index contributed by atoms with van der Waals surface area (Å²) in [7, 11) is 0. The molecule has 0 saturated carbocycles. The Morgan fingerprint density at radius 2 is 1.77 bits per heavy atom. The van der Waals surface area contributed by atoms with E-state index in [1.54, 1.807) is 0 Å². The predicted octanol–water partition coefficient (Wildman–Crippen LogP) is -4.00. The maximum absolute atomic E-state index is 5.66. The van der Waals surface area contributed by atoms with E-state index in [-0.39, 0.29) is 45.2 Å². The number of allylic oxidation sites excluding steroid dienone is 1. The van der Waals surface area contributed by atoms with Crippen LogP contribution in [-0.2, 0) is 26.8 Å². The number of halogens is 2. The molecule has 1 nitrogen and oxygen atoms in total. The van der Waals surface area contributed by atoms with Gasteiger partial charge in [0.05, 0.1) is 0 Å². The number of para-hydroxylation sites is 1. The van der Waals surface area contributed by atoms with Crippen molar-refractivity contribution in [1.82, 2.24) is 0 Å². The second-order valence-electron chi connectivity index (χ2n) is 2.19. The fraction of sp³-hybridized carbons (Fsp3) is 0.111. The molecule has 0 heterocycles. The third kappa shape index (κ3) is 6.12. The van der Waals surface area contributed by atoms with Crippen molar-refractivity contribution in [2.75, 3.05) is 5.73 Å². The molecule has 0 fully saturated rings. The van der Waals surface area contributed by atoms with Gasteiger partial charge in [0.1, 0.15) is 0 Å². The standard InChI is InChI=1S/C9H11N.2ClH.Pd/c1-2-5-8-6-3-4-7-9(8)10;;;/h2-4,6-7H,1,5,10H2;2*1H;/q;;;+2/p-2. The smallest absolute Gasteiger partial charge is 1.00 e. The fourth-order valence-corrected chi connectivity index (χ4v) is 0.876. The Bertz CT molecular complexity index is 241. The van der Waals surface area contributed by atoms with Crippen molar-refractivity contribution in [1.29, 1.82) is 0 Å². The summed E-state index contributed by atoms with van der Waals surface area (Å²) in [5.41, 5.74) is 7.66. The quantitative estimate of drug-likeness (QED) is 0.336. The maximum Gasteiger partial charge on any atom is 2.00 e. The van der Waals surface area contributed by atoms with Crippen LogP contribution in [-0.4, -0.2) is 0 Å². The van der Waals surface area contributed by atoms with Crippen LogP contribution in [0.2, 0.25) is 0 Å². The predicted molar refractivity (Wildman–Crippen MR) is 44.8 cm³/mol. The molecule has 0 spiro atoms. The van der Waals surface area contributed by atoms with Crippen LogP contribution in [0, 0.1) is 0 Å². The van der Waals surface area contributed by atoms with Crippen LogP contribution in [0.15, 0.2) is 36.9 Å². The van der Waals surface area contributed by atoms with E-state index in [9.17, 15) is 0 Å². The topological polar surface area (TPSA) is 26.0 Å². The van der Waals surface area contributed by atoms with Crippen molar-refractivity contribution >= 4 is 5.69 Å². The second-order valence-corrected chi connectivity index (χ2v) is 2.19. The fourth-order valence-electron chi connectivity index (χ4n) is 0.876. The van der Waals surface area contributed by atoms with E-state index in [2.05, 4.69) is 6.58 Å². The number of rotatable bonds is 2. The number of hydrogen-bond acceptors (Lipinski definition) is 1. The third-order valence-electron chi connectivity index (χ3n) is 1.42. The number of anilines is 1. The first-order valence-corrected chi connectivity index (χ1v) is 3.29. The molecule has 4 heteroatoms. The van der Waals surface area contributed by atoms with E-state index in [0.29, 0.717) is 0 Å². The largest absolute Gasteiger partial charge is 2.00 e. The van der Waals surface area contributed by atoms with Crippen molar-refractivity contribution in [2.24, 2.45) is 0 Å². The molecular weight excluding hydrogens is 299 g/mol. The number of nitrogen functional groups attached to an aromatic ring is 1. The van der Waals surface area contributed by atoms with Gasteiger partial charge in [0.25, 0.3) is 0 Å². The van der Waals surface area contributed by atoms with Crippen molar-refractivity contribution in [3.8, 4) is 0 Å². The molecule has 0 aromatic heterocycles. The molecule has 1 aromatic carbocycles. The van der Waals surface area contributed by atoms with Crippen molar-refractivity contribution in [2.45, 2.75) is 6.42 Å². The van der Waals surface area contributed by atoms with Crippen LogP contribution in [0.3, 0.4) is 0 Å². The Balaban J connectivity index is -0.000000333. The van der Waals surface area contributed by atoms with Gasteiger partial charge in [0.15, 0.2) is 0 Å². The average Bonchev–Trinajstić information content (AvgIpc) is 1.94. The number of benzene rings is 1. The van der Waals surface area contributed by atoms with E-state index >= 15 is 0 Å². The Morgan fingerprint density at radius 1 is 1.23 bits per heavy atom. The average molecular weight is 311 g/mol. The first-order chi connectivity index (χ1) is 4.84.